The van der Waals surface area contributed by atoms with Gasteiger partial charge in [-0.05, 0) is 49.2 Å². The minimum atomic E-state index is -3.91. The second-order valence-corrected chi connectivity index (χ2v) is 11.0. The van der Waals surface area contributed by atoms with Gasteiger partial charge in [0.2, 0.25) is 21.8 Å². The molecule has 7 nitrogen and oxygen atoms in total. The van der Waals surface area contributed by atoms with Crippen LogP contribution in [0.3, 0.4) is 0 Å². The first-order valence-electron chi connectivity index (χ1n) is 10.5. The Morgan fingerprint density at radius 3 is 2.09 bits per heavy atom. The van der Waals surface area contributed by atoms with Crippen LogP contribution >= 0.6 is 23.2 Å². The summed E-state index contributed by atoms with van der Waals surface area (Å²) in [6, 6.07) is 8.64. The molecule has 186 valence electrons. The molecule has 0 aliphatic heterocycles. The highest BCUT2D eigenvalue weighted by molar-refractivity contribution is 7.92. The maximum absolute atomic E-state index is 13.4. The lowest BCUT2D eigenvalue weighted by Gasteiger charge is -2.32. The van der Waals surface area contributed by atoms with Crippen molar-refractivity contribution in [3.8, 4) is 0 Å². The van der Waals surface area contributed by atoms with Crippen LogP contribution in [0.1, 0.15) is 26.3 Å². The topological polar surface area (TPSA) is 86.8 Å². The molecule has 2 rings (SSSR count). The van der Waals surface area contributed by atoms with Crippen LogP contribution in [0.2, 0.25) is 10.0 Å². The van der Waals surface area contributed by atoms with Crippen molar-refractivity contribution in [2.45, 2.75) is 33.4 Å². The summed E-state index contributed by atoms with van der Waals surface area (Å²) in [6.07, 6.45) is 0.942. The molecule has 2 aromatic carbocycles. The van der Waals surface area contributed by atoms with E-state index in [1.165, 1.54) is 17.0 Å². The van der Waals surface area contributed by atoms with Crippen LogP contribution in [-0.4, -0.2) is 50.5 Å². The van der Waals surface area contributed by atoms with Crippen molar-refractivity contribution in [1.82, 2.24) is 10.2 Å². The smallest absolute Gasteiger partial charge is 0.244 e. The molecule has 0 aliphatic rings. The molecule has 2 amide bonds. The summed E-state index contributed by atoms with van der Waals surface area (Å²) >= 11 is 12.6. The number of carbonyl (C=O) groups excluding carboxylic acids is 2. The van der Waals surface area contributed by atoms with E-state index in [-0.39, 0.29) is 18.2 Å². The van der Waals surface area contributed by atoms with Gasteiger partial charge in [0.25, 0.3) is 0 Å². The van der Waals surface area contributed by atoms with Gasteiger partial charge in [-0.25, -0.2) is 12.8 Å². The Morgan fingerprint density at radius 2 is 1.59 bits per heavy atom. The number of nitrogens with zero attached hydrogens (tertiary/aromatic N) is 2. The SMILES string of the molecule is CC(C)CNC(=O)C(C)N(Cc1c(Cl)cccc1Cl)C(=O)CN(c1ccc(F)cc1)S(C)(=O)=O. The molecule has 0 bridgehead atoms. The molecule has 1 unspecified atom stereocenters. The zero-order chi connectivity index (χ0) is 25.6. The molecule has 0 heterocycles. The van der Waals surface area contributed by atoms with Gasteiger partial charge in [-0.2, -0.15) is 0 Å². The Bertz CT molecular complexity index is 1110. The fraction of sp³-hybridized carbons (Fsp3) is 0.391. The van der Waals surface area contributed by atoms with Crippen molar-refractivity contribution in [3.05, 3.63) is 63.9 Å². The predicted octanol–water partition coefficient (Wildman–Crippen LogP) is 4.09. The number of carbonyl (C=O) groups is 2. The van der Waals surface area contributed by atoms with Gasteiger partial charge in [0.05, 0.1) is 11.9 Å². The lowest BCUT2D eigenvalue weighted by molar-refractivity contribution is -0.139. The normalized spacial score (nSPS) is 12.4. The molecule has 11 heteroatoms. The minimum absolute atomic E-state index is 0.116. The first-order chi connectivity index (χ1) is 15.8. The van der Waals surface area contributed by atoms with Crippen molar-refractivity contribution >= 4 is 50.7 Å². The van der Waals surface area contributed by atoms with Gasteiger partial charge >= 0.3 is 0 Å². The van der Waals surface area contributed by atoms with Gasteiger partial charge in [0.1, 0.15) is 18.4 Å². The molecule has 0 saturated carbocycles. The molecule has 2 aromatic rings. The van der Waals surface area contributed by atoms with Crippen molar-refractivity contribution < 1.29 is 22.4 Å². The van der Waals surface area contributed by atoms with Gasteiger partial charge in [0.15, 0.2) is 0 Å². The number of sulfonamides is 1. The largest absolute Gasteiger partial charge is 0.354 e. The molecule has 0 radical (unpaired) electrons. The Hall–Kier alpha value is -2.36. The molecule has 0 aliphatic carbocycles. The van der Waals surface area contributed by atoms with Crippen LogP contribution in [0, 0.1) is 11.7 Å². The van der Waals surface area contributed by atoms with E-state index >= 15 is 0 Å². The summed E-state index contributed by atoms with van der Waals surface area (Å²) in [5.74, 6) is -1.41. The number of nitrogens with one attached hydrogen (secondary N) is 1. The van der Waals surface area contributed by atoms with Crippen molar-refractivity contribution in [3.63, 3.8) is 0 Å². The molecule has 0 fully saturated rings. The van der Waals surface area contributed by atoms with E-state index in [4.69, 9.17) is 23.2 Å². The molecule has 0 saturated heterocycles. The third-order valence-corrected chi connectivity index (χ3v) is 6.88. The number of hydrogen-bond donors (Lipinski definition) is 1. The van der Waals surface area contributed by atoms with Gasteiger partial charge in [-0.15, -0.1) is 0 Å². The molecule has 1 atom stereocenters. The predicted molar refractivity (Wildman–Crippen MR) is 133 cm³/mol. The zero-order valence-electron chi connectivity index (χ0n) is 19.4. The molecule has 1 N–H and O–H groups in total. The first kappa shape index (κ1) is 27.9. The summed E-state index contributed by atoms with van der Waals surface area (Å²) in [5.41, 5.74) is 0.542. The lowest BCUT2D eigenvalue weighted by Crippen LogP contribution is -2.51. The summed E-state index contributed by atoms with van der Waals surface area (Å²) in [6.45, 7) is 5.10. The molecular weight excluding hydrogens is 504 g/mol. The number of halogens is 3. The monoisotopic (exact) mass is 531 g/mol. The maximum atomic E-state index is 13.4. The van der Waals surface area contributed by atoms with Gasteiger partial charge in [-0.3, -0.25) is 13.9 Å². The third-order valence-electron chi connectivity index (χ3n) is 5.04. The zero-order valence-corrected chi connectivity index (χ0v) is 21.7. The minimum Gasteiger partial charge on any atom is -0.354 e. The summed E-state index contributed by atoms with van der Waals surface area (Å²) < 4.78 is 39.1. The average molecular weight is 532 g/mol. The number of hydrogen-bond acceptors (Lipinski definition) is 4. The highest BCUT2D eigenvalue weighted by atomic mass is 35.5. The fourth-order valence-electron chi connectivity index (χ4n) is 3.11. The van der Waals surface area contributed by atoms with Crippen LogP contribution in [0.15, 0.2) is 42.5 Å². The van der Waals surface area contributed by atoms with E-state index in [0.29, 0.717) is 22.2 Å². The van der Waals surface area contributed by atoms with E-state index < -0.39 is 40.2 Å². The summed E-state index contributed by atoms with van der Waals surface area (Å²) in [5, 5.41) is 3.39. The number of amides is 2. The Balaban J connectivity index is 2.41. The first-order valence-corrected chi connectivity index (χ1v) is 13.1. The summed E-state index contributed by atoms with van der Waals surface area (Å²) in [4.78, 5) is 27.5. The maximum Gasteiger partial charge on any atom is 0.244 e. The Labute approximate surface area is 209 Å². The molecule has 34 heavy (non-hydrogen) atoms. The van der Waals surface area contributed by atoms with Crippen molar-refractivity contribution in [1.29, 1.82) is 0 Å². The van der Waals surface area contributed by atoms with Crippen LogP contribution < -0.4 is 9.62 Å². The average Bonchev–Trinajstić information content (AvgIpc) is 2.75. The van der Waals surface area contributed by atoms with E-state index in [0.717, 1.165) is 22.7 Å². The number of rotatable bonds is 10. The van der Waals surface area contributed by atoms with Crippen LogP contribution in [0.4, 0.5) is 10.1 Å². The number of benzene rings is 2. The standard InChI is InChI=1S/C23H28Cl2FN3O4S/c1-15(2)12-27-23(31)16(3)28(13-19-20(24)6-5-7-21(19)25)22(30)14-29(34(4,32)33)18-10-8-17(26)9-11-18/h5-11,15-16H,12-14H2,1-4H3,(H,27,31). The number of anilines is 1. The van der Waals surface area contributed by atoms with Crippen LogP contribution in [0.25, 0.3) is 0 Å². The van der Waals surface area contributed by atoms with Crippen molar-refractivity contribution in [2.24, 2.45) is 5.92 Å². The van der Waals surface area contributed by atoms with Crippen LogP contribution in [-0.2, 0) is 26.2 Å². The molecule has 0 spiro atoms. The Kier molecular flexibility index (Phi) is 9.73. The van der Waals surface area contributed by atoms with Gasteiger partial charge < -0.3 is 10.2 Å². The lowest BCUT2D eigenvalue weighted by atomic mass is 10.1. The highest BCUT2D eigenvalue weighted by Gasteiger charge is 2.31. The van der Waals surface area contributed by atoms with Crippen LogP contribution in [0.5, 0.6) is 0 Å². The van der Waals surface area contributed by atoms with E-state index in [9.17, 15) is 22.4 Å². The van der Waals surface area contributed by atoms with Gasteiger partial charge in [-0.1, -0.05) is 43.1 Å². The second-order valence-electron chi connectivity index (χ2n) is 8.28. The second kappa shape index (κ2) is 11.9. The summed E-state index contributed by atoms with van der Waals surface area (Å²) in [7, 11) is -3.91. The van der Waals surface area contributed by atoms with Crippen molar-refractivity contribution in [2.75, 3.05) is 23.7 Å². The van der Waals surface area contributed by atoms with E-state index in [2.05, 4.69) is 5.32 Å². The van der Waals surface area contributed by atoms with E-state index in [1.54, 1.807) is 25.1 Å². The quantitative estimate of drug-likeness (QED) is 0.500. The van der Waals surface area contributed by atoms with Gasteiger partial charge in [0, 0.05) is 28.7 Å². The third kappa shape index (κ3) is 7.58. The Morgan fingerprint density at radius 1 is 1.03 bits per heavy atom. The molecular formula is C23H28Cl2FN3O4S. The fourth-order valence-corrected chi connectivity index (χ4v) is 4.48. The highest BCUT2D eigenvalue weighted by Crippen LogP contribution is 2.27. The van der Waals surface area contributed by atoms with E-state index in [1.807, 2.05) is 13.8 Å². The molecule has 0 aromatic heterocycles.